The van der Waals surface area contributed by atoms with Crippen LogP contribution in [0.15, 0.2) is 24.3 Å². The van der Waals surface area contributed by atoms with E-state index in [0.29, 0.717) is 37.6 Å². The van der Waals surface area contributed by atoms with Crippen LogP contribution in [-0.4, -0.2) is 66.0 Å². The van der Waals surface area contributed by atoms with Crippen LogP contribution in [0, 0.1) is 11.7 Å². The van der Waals surface area contributed by atoms with Crippen molar-refractivity contribution in [2.75, 3.05) is 38.2 Å². The molecule has 5 rings (SSSR count). The van der Waals surface area contributed by atoms with E-state index in [1.807, 2.05) is 18.7 Å². The van der Waals surface area contributed by atoms with Gasteiger partial charge in [-0.15, -0.1) is 0 Å². The number of carboxylic acids is 1. The summed E-state index contributed by atoms with van der Waals surface area (Å²) in [5.74, 6) is 0.223. The first-order valence-corrected chi connectivity index (χ1v) is 13.8. The maximum Gasteiger partial charge on any atom is 0.325 e. The number of aryl methyl sites for hydroxylation is 2. The van der Waals surface area contributed by atoms with E-state index < -0.39 is 17.8 Å². The highest BCUT2D eigenvalue weighted by Crippen LogP contribution is 2.42. The lowest BCUT2D eigenvalue weighted by Gasteiger charge is -2.33. The fourth-order valence-electron chi connectivity index (χ4n) is 5.49. The molecule has 1 aromatic heterocycles. The number of fused-ring (bicyclic) bond motifs is 2. The van der Waals surface area contributed by atoms with Gasteiger partial charge in [-0.3, -0.25) is 9.69 Å². The Morgan fingerprint density at radius 1 is 1.32 bits per heavy atom. The molecule has 38 heavy (non-hydrogen) atoms. The lowest BCUT2D eigenvalue weighted by molar-refractivity contribution is -0.143. The van der Waals surface area contributed by atoms with Gasteiger partial charge in [-0.05, 0) is 62.1 Å². The Bertz CT molecular complexity index is 1140. The van der Waals surface area contributed by atoms with E-state index in [4.69, 9.17) is 19.2 Å². The van der Waals surface area contributed by atoms with E-state index >= 15 is 0 Å². The Hall–Kier alpha value is -2.91. The molecule has 0 unspecified atom stereocenters. The van der Waals surface area contributed by atoms with Gasteiger partial charge in [-0.2, -0.15) is 0 Å². The van der Waals surface area contributed by atoms with Crippen LogP contribution < -0.4 is 14.8 Å². The third-order valence-electron chi connectivity index (χ3n) is 7.67. The van der Waals surface area contributed by atoms with Gasteiger partial charge in [0.1, 0.15) is 30.4 Å². The fraction of sp³-hybridized carbons (Fsp3) is 0.586. The summed E-state index contributed by atoms with van der Waals surface area (Å²) in [6.07, 6.45) is 5.48. The first-order valence-electron chi connectivity index (χ1n) is 13.8. The van der Waals surface area contributed by atoms with Gasteiger partial charge in [0.2, 0.25) is 0 Å². The zero-order valence-electron chi connectivity index (χ0n) is 22.2. The quantitative estimate of drug-likeness (QED) is 0.433. The number of anilines is 1. The number of likely N-dealkylation sites (tertiary alicyclic amines) is 1. The number of benzene rings is 1. The van der Waals surface area contributed by atoms with Crippen LogP contribution in [0.25, 0.3) is 0 Å². The number of hydrogen-bond acceptors (Lipinski definition) is 7. The van der Waals surface area contributed by atoms with Crippen LogP contribution >= 0.6 is 0 Å². The van der Waals surface area contributed by atoms with E-state index in [-0.39, 0.29) is 23.9 Å². The molecule has 4 heterocycles. The standard InChI is InChI=1S/C29H38FN3O5/c1-18(2)25-17-37-24-15-20(30)14-23(27(24)38-25)26(29(34)35)33-12-10-22(16-33)36-13-4-3-7-21-9-8-19-6-5-11-31-28(19)32-21/h8-9,14-15,18,22,25-26H,3-7,10-13,16-17H2,1-2H3,(H,31,32)(H,34,35)/t22-,25-,26+/m1/s1. The monoisotopic (exact) mass is 527 g/mol. The van der Waals surface area contributed by atoms with Crippen LogP contribution in [0.2, 0.25) is 0 Å². The molecule has 2 aromatic rings. The molecule has 0 amide bonds. The SMILES string of the molecule is CC(C)[C@H]1COc2cc(F)cc([C@@H](C(=O)O)N3CC[C@@H](OCCCCc4ccc5c(n4)NCCC5)C3)c2O1. The summed E-state index contributed by atoms with van der Waals surface area (Å²) in [5, 5.41) is 13.5. The van der Waals surface area contributed by atoms with E-state index in [2.05, 4.69) is 17.4 Å². The Morgan fingerprint density at radius 2 is 2.18 bits per heavy atom. The van der Waals surface area contributed by atoms with Crippen molar-refractivity contribution in [1.29, 1.82) is 0 Å². The summed E-state index contributed by atoms with van der Waals surface area (Å²) in [6, 6.07) is 5.80. The van der Waals surface area contributed by atoms with Crippen LogP contribution in [0.1, 0.15) is 62.4 Å². The van der Waals surface area contributed by atoms with Crippen molar-refractivity contribution in [3.8, 4) is 11.5 Å². The van der Waals surface area contributed by atoms with Crippen molar-refractivity contribution in [3.63, 3.8) is 0 Å². The van der Waals surface area contributed by atoms with Crippen molar-refractivity contribution in [1.82, 2.24) is 9.88 Å². The minimum absolute atomic E-state index is 0.0621. The van der Waals surface area contributed by atoms with Crippen molar-refractivity contribution in [2.45, 2.75) is 70.6 Å². The largest absolute Gasteiger partial charge is 0.486 e. The average Bonchev–Trinajstić information content (AvgIpc) is 3.36. The number of pyridine rings is 1. The number of unbranched alkanes of at least 4 members (excludes halogenated alkanes) is 1. The molecule has 9 heteroatoms. The first kappa shape index (κ1) is 26.7. The van der Waals surface area contributed by atoms with Crippen LogP contribution in [0.4, 0.5) is 10.2 Å². The van der Waals surface area contributed by atoms with E-state index in [9.17, 15) is 14.3 Å². The van der Waals surface area contributed by atoms with Gasteiger partial charge in [-0.25, -0.2) is 9.37 Å². The summed E-state index contributed by atoms with van der Waals surface area (Å²) in [4.78, 5) is 19.0. The van der Waals surface area contributed by atoms with Gasteiger partial charge < -0.3 is 24.6 Å². The summed E-state index contributed by atoms with van der Waals surface area (Å²) in [5.41, 5.74) is 2.69. The molecule has 0 spiro atoms. The van der Waals surface area contributed by atoms with E-state index in [1.165, 1.54) is 17.7 Å². The van der Waals surface area contributed by atoms with Gasteiger partial charge in [0.05, 0.1) is 6.10 Å². The second kappa shape index (κ2) is 11.9. The lowest BCUT2D eigenvalue weighted by atomic mass is 10.0. The summed E-state index contributed by atoms with van der Waals surface area (Å²) >= 11 is 0. The van der Waals surface area contributed by atoms with Crippen molar-refractivity contribution in [2.24, 2.45) is 5.92 Å². The zero-order valence-corrected chi connectivity index (χ0v) is 22.2. The summed E-state index contributed by atoms with van der Waals surface area (Å²) in [6.45, 7) is 6.95. The van der Waals surface area contributed by atoms with Gasteiger partial charge in [-0.1, -0.05) is 19.9 Å². The van der Waals surface area contributed by atoms with Gasteiger partial charge in [0, 0.05) is 43.6 Å². The molecule has 1 saturated heterocycles. The number of aromatic nitrogens is 1. The molecular formula is C29H38FN3O5. The number of nitrogens with one attached hydrogen (secondary N) is 1. The third-order valence-corrected chi connectivity index (χ3v) is 7.67. The molecule has 1 aromatic carbocycles. The molecule has 1 fully saturated rings. The highest BCUT2D eigenvalue weighted by molar-refractivity contribution is 5.77. The number of nitrogens with zero attached hydrogens (tertiary/aromatic N) is 2. The molecule has 2 N–H and O–H groups in total. The number of carboxylic acid groups (broad SMARTS) is 1. The van der Waals surface area contributed by atoms with Gasteiger partial charge in [0.15, 0.2) is 11.5 Å². The zero-order chi connectivity index (χ0) is 26.6. The number of halogens is 1. The Balaban J connectivity index is 1.15. The second-order valence-electron chi connectivity index (χ2n) is 10.8. The Morgan fingerprint density at radius 3 is 3.00 bits per heavy atom. The van der Waals surface area contributed by atoms with Crippen molar-refractivity contribution >= 4 is 11.8 Å². The number of rotatable bonds is 10. The Labute approximate surface area is 223 Å². The fourth-order valence-corrected chi connectivity index (χ4v) is 5.49. The smallest absolute Gasteiger partial charge is 0.325 e. The Kier molecular flexibility index (Phi) is 8.33. The van der Waals surface area contributed by atoms with E-state index in [1.54, 1.807) is 0 Å². The number of hydrogen-bond donors (Lipinski definition) is 2. The predicted molar refractivity (Wildman–Crippen MR) is 141 cm³/mol. The normalized spacial score (nSPS) is 21.7. The van der Waals surface area contributed by atoms with Gasteiger partial charge >= 0.3 is 5.97 Å². The van der Waals surface area contributed by atoms with Crippen molar-refractivity contribution < 1.29 is 28.5 Å². The molecule has 3 aliphatic rings. The van der Waals surface area contributed by atoms with Crippen LogP contribution in [0.3, 0.4) is 0 Å². The van der Waals surface area contributed by atoms with Gasteiger partial charge in [0.25, 0.3) is 0 Å². The van der Waals surface area contributed by atoms with Crippen LogP contribution in [-0.2, 0) is 22.4 Å². The minimum atomic E-state index is -1.04. The summed E-state index contributed by atoms with van der Waals surface area (Å²) in [7, 11) is 0. The molecule has 0 aliphatic carbocycles. The van der Waals surface area contributed by atoms with Crippen molar-refractivity contribution in [3.05, 3.63) is 46.9 Å². The predicted octanol–water partition coefficient (Wildman–Crippen LogP) is 4.61. The average molecular weight is 528 g/mol. The highest BCUT2D eigenvalue weighted by Gasteiger charge is 2.38. The molecule has 0 bridgehead atoms. The molecule has 3 atom stereocenters. The van der Waals surface area contributed by atoms with Crippen LogP contribution in [0.5, 0.6) is 11.5 Å². The minimum Gasteiger partial charge on any atom is -0.486 e. The first-order chi connectivity index (χ1) is 18.4. The maximum absolute atomic E-state index is 14.5. The lowest BCUT2D eigenvalue weighted by Crippen LogP contribution is -2.37. The highest BCUT2D eigenvalue weighted by atomic mass is 19.1. The summed E-state index contributed by atoms with van der Waals surface area (Å²) < 4.78 is 32.5. The molecule has 0 saturated carbocycles. The molecule has 8 nitrogen and oxygen atoms in total. The topological polar surface area (TPSA) is 93.2 Å². The molecular weight excluding hydrogens is 489 g/mol. The maximum atomic E-state index is 14.5. The molecule has 206 valence electrons. The molecule has 3 aliphatic heterocycles. The second-order valence-corrected chi connectivity index (χ2v) is 10.8. The number of ether oxygens (including phenoxy) is 3. The third kappa shape index (κ3) is 6.04. The number of aliphatic carboxylic acids is 1. The van der Waals surface area contributed by atoms with E-state index in [0.717, 1.165) is 56.6 Å². The number of carbonyl (C=O) groups is 1. The molecule has 0 radical (unpaired) electrons.